The number of hydrogen-bond acceptors (Lipinski definition) is 2. The normalized spacial score (nSPS) is 17.3. The van der Waals surface area contributed by atoms with E-state index in [1.54, 1.807) is 0 Å². The third-order valence-corrected chi connectivity index (χ3v) is 3.71. The van der Waals surface area contributed by atoms with Gasteiger partial charge in [0.2, 0.25) is 0 Å². The van der Waals surface area contributed by atoms with Crippen LogP contribution >= 0.6 is 11.6 Å². The van der Waals surface area contributed by atoms with E-state index in [1.807, 2.05) is 13.0 Å². The first kappa shape index (κ1) is 13.1. The maximum atomic E-state index is 8.37. The largest absolute Gasteiger partial charge is 0.489 e. The smallest absolute Gasteiger partial charge is 0.126 e. The Morgan fingerprint density at radius 3 is 2.94 bits per heavy atom. The Bertz CT molecular complexity index is 521. The number of ether oxygens (including phenoxy) is 1. The summed E-state index contributed by atoms with van der Waals surface area (Å²) >= 11 is 6.26. The van der Waals surface area contributed by atoms with Crippen molar-refractivity contribution in [2.45, 2.75) is 39.2 Å². The Labute approximate surface area is 112 Å². The molecule has 0 aromatic heterocycles. The van der Waals surface area contributed by atoms with Crippen LogP contribution in [0.15, 0.2) is 11.2 Å². The molecule has 0 N–H and O–H groups in total. The molecular formula is C13H16ClN3O. The second-order valence-corrected chi connectivity index (χ2v) is 5.30. The van der Waals surface area contributed by atoms with E-state index in [0.717, 1.165) is 33.9 Å². The highest BCUT2D eigenvalue weighted by Gasteiger charge is 2.28. The standard InChI is InChI=1S/C13H16ClN3O/c1-7(2)10-5-12(14)8(3)11-4-9(6-16-17-15)18-13(10)11/h5,7,9H,4,6H2,1-3H3. The van der Waals surface area contributed by atoms with Crippen molar-refractivity contribution in [3.63, 3.8) is 0 Å². The van der Waals surface area contributed by atoms with E-state index >= 15 is 0 Å². The highest BCUT2D eigenvalue weighted by atomic mass is 35.5. The fraction of sp³-hybridized carbons (Fsp3) is 0.538. The second kappa shape index (κ2) is 5.09. The third-order valence-electron chi connectivity index (χ3n) is 3.32. The second-order valence-electron chi connectivity index (χ2n) is 4.89. The molecule has 0 bridgehead atoms. The molecule has 0 amide bonds. The zero-order chi connectivity index (χ0) is 13.3. The zero-order valence-corrected chi connectivity index (χ0v) is 11.5. The van der Waals surface area contributed by atoms with Crippen LogP contribution < -0.4 is 4.74 Å². The van der Waals surface area contributed by atoms with E-state index in [2.05, 4.69) is 23.9 Å². The minimum Gasteiger partial charge on any atom is -0.489 e. The quantitative estimate of drug-likeness (QED) is 0.454. The number of halogens is 1. The predicted octanol–water partition coefficient (Wildman–Crippen LogP) is 4.39. The summed E-state index contributed by atoms with van der Waals surface area (Å²) in [7, 11) is 0. The molecule has 0 saturated heterocycles. The monoisotopic (exact) mass is 265 g/mol. The Hall–Kier alpha value is -1.38. The van der Waals surface area contributed by atoms with Gasteiger partial charge in [0.15, 0.2) is 0 Å². The van der Waals surface area contributed by atoms with Gasteiger partial charge in [-0.1, -0.05) is 30.6 Å². The molecule has 2 rings (SSSR count). The number of azide groups is 1. The van der Waals surface area contributed by atoms with Crippen LogP contribution in [0.1, 0.15) is 36.5 Å². The van der Waals surface area contributed by atoms with Gasteiger partial charge >= 0.3 is 0 Å². The van der Waals surface area contributed by atoms with Crippen LogP contribution in [0.5, 0.6) is 5.75 Å². The van der Waals surface area contributed by atoms with Gasteiger partial charge in [-0.3, -0.25) is 0 Å². The topological polar surface area (TPSA) is 58.0 Å². The molecule has 1 aromatic carbocycles. The third kappa shape index (κ3) is 2.26. The molecule has 18 heavy (non-hydrogen) atoms. The molecule has 1 aromatic rings. The summed E-state index contributed by atoms with van der Waals surface area (Å²) in [6, 6.07) is 1.98. The molecule has 1 aliphatic rings. The van der Waals surface area contributed by atoms with Gasteiger partial charge in [0.05, 0.1) is 6.54 Å². The molecule has 96 valence electrons. The summed E-state index contributed by atoms with van der Waals surface area (Å²) < 4.78 is 5.91. The number of benzene rings is 1. The molecule has 0 radical (unpaired) electrons. The molecule has 0 saturated carbocycles. The number of hydrogen-bond donors (Lipinski definition) is 0. The molecule has 0 spiro atoms. The Morgan fingerprint density at radius 2 is 2.33 bits per heavy atom. The van der Waals surface area contributed by atoms with E-state index in [4.69, 9.17) is 21.9 Å². The Morgan fingerprint density at radius 1 is 1.61 bits per heavy atom. The van der Waals surface area contributed by atoms with Crippen molar-refractivity contribution in [1.82, 2.24) is 0 Å². The lowest BCUT2D eigenvalue weighted by Crippen LogP contribution is -2.16. The molecule has 0 aliphatic carbocycles. The van der Waals surface area contributed by atoms with Crippen molar-refractivity contribution >= 4 is 11.6 Å². The Kier molecular flexibility index (Phi) is 3.69. The zero-order valence-electron chi connectivity index (χ0n) is 10.8. The van der Waals surface area contributed by atoms with E-state index in [1.165, 1.54) is 0 Å². The van der Waals surface area contributed by atoms with Crippen molar-refractivity contribution < 1.29 is 4.74 Å². The van der Waals surface area contributed by atoms with Gasteiger partial charge in [-0.2, -0.15) is 0 Å². The van der Waals surface area contributed by atoms with Gasteiger partial charge in [-0.05, 0) is 35.6 Å². The molecule has 1 heterocycles. The average molecular weight is 266 g/mol. The molecule has 0 fully saturated rings. The van der Waals surface area contributed by atoms with Crippen LogP contribution in [0.3, 0.4) is 0 Å². The van der Waals surface area contributed by atoms with Crippen molar-refractivity contribution in [2.24, 2.45) is 5.11 Å². The highest BCUT2D eigenvalue weighted by molar-refractivity contribution is 6.31. The maximum Gasteiger partial charge on any atom is 0.126 e. The van der Waals surface area contributed by atoms with Gasteiger partial charge in [-0.25, -0.2) is 0 Å². The molecule has 4 nitrogen and oxygen atoms in total. The summed E-state index contributed by atoms with van der Waals surface area (Å²) in [5, 5.41) is 4.37. The summed E-state index contributed by atoms with van der Waals surface area (Å²) in [6.07, 6.45) is 0.700. The molecule has 1 atom stereocenters. The minimum atomic E-state index is -0.0643. The average Bonchev–Trinajstić information content (AvgIpc) is 2.75. The van der Waals surface area contributed by atoms with Gasteiger partial charge in [0.1, 0.15) is 11.9 Å². The summed E-state index contributed by atoms with van der Waals surface area (Å²) in [6.45, 7) is 6.60. The summed E-state index contributed by atoms with van der Waals surface area (Å²) in [4.78, 5) is 2.78. The lowest BCUT2D eigenvalue weighted by molar-refractivity contribution is 0.239. The van der Waals surface area contributed by atoms with Crippen LogP contribution in [-0.4, -0.2) is 12.6 Å². The molecule has 1 aliphatic heterocycles. The highest BCUT2D eigenvalue weighted by Crippen LogP contribution is 2.41. The minimum absolute atomic E-state index is 0.0643. The SMILES string of the molecule is Cc1c(Cl)cc(C(C)C)c2c1CC(CN=[N+]=[N-])O2. The predicted molar refractivity (Wildman–Crippen MR) is 72.4 cm³/mol. The van der Waals surface area contributed by atoms with Crippen LogP contribution in [0, 0.1) is 6.92 Å². The fourth-order valence-electron chi connectivity index (χ4n) is 2.28. The summed E-state index contributed by atoms with van der Waals surface area (Å²) in [5.74, 6) is 1.29. The van der Waals surface area contributed by atoms with Crippen LogP contribution in [0.25, 0.3) is 10.4 Å². The lowest BCUT2D eigenvalue weighted by atomic mass is 9.95. The van der Waals surface area contributed by atoms with Gasteiger partial charge < -0.3 is 4.74 Å². The van der Waals surface area contributed by atoms with E-state index in [9.17, 15) is 0 Å². The number of rotatable bonds is 3. The molecule has 1 unspecified atom stereocenters. The van der Waals surface area contributed by atoms with Crippen molar-refractivity contribution in [2.75, 3.05) is 6.54 Å². The van der Waals surface area contributed by atoms with Crippen molar-refractivity contribution in [3.05, 3.63) is 38.2 Å². The molecule has 5 heteroatoms. The number of nitrogens with zero attached hydrogens (tertiary/aromatic N) is 3. The van der Waals surface area contributed by atoms with Crippen molar-refractivity contribution in [3.8, 4) is 5.75 Å². The first-order valence-electron chi connectivity index (χ1n) is 6.04. The van der Waals surface area contributed by atoms with Crippen LogP contribution in [0.4, 0.5) is 0 Å². The number of fused-ring (bicyclic) bond motifs is 1. The van der Waals surface area contributed by atoms with Crippen LogP contribution in [0.2, 0.25) is 5.02 Å². The fourth-order valence-corrected chi connectivity index (χ4v) is 2.51. The Balaban J connectivity index is 2.40. The first-order valence-corrected chi connectivity index (χ1v) is 6.41. The summed E-state index contributed by atoms with van der Waals surface area (Å²) in [5.41, 5.74) is 11.7. The van der Waals surface area contributed by atoms with Gasteiger partial charge in [-0.15, -0.1) is 0 Å². The van der Waals surface area contributed by atoms with Gasteiger partial charge in [0, 0.05) is 21.9 Å². The first-order chi connectivity index (χ1) is 8.54. The lowest BCUT2D eigenvalue weighted by Gasteiger charge is -2.15. The van der Waals surface area contributed by atoms with Gasteiger partial charge in [0.25, 0.3) is 0 Å². The van der Waals surface area contributed by atoms with E-state index < -0.39 is 0 Å². The molecular weight excluding hydrogens is 250 g/mol. The van der Waals surface area contributed by atoms with Crippen LogP contribution in [-0.2, 0) is 6.42 Å². The maximum absolute atomic E-state index is 8.37. The van der Waals surface area contributed by atoms with Crippen molar-refractivity contribution in [1.29, 1.82) is 0 Å². The van der Waals surface area contributed by atoms with E-state index in [0.29, 0.717) is 12.5 Å². The van der Waals surface area contributed by atoms with E-state index in [-0.39, 0.29) is 6.10 Å².